The fourth-order valence-corrected chi connectivity index (χ4v) is 5.37. The minimum absolute atomic E-state index is 0.333. The van der Waals surface area contributed by atoms with Crippen LogP contribution in [0.3, 0.4) is 0 Å². The number of thiazole rings is 1. The zero-order valence-corrected chi connectivity index (χ0v) is 16.8. The highest BCUT2D eigenvalue weighted by molar-refractivity contribution is 7.15. The maximum absolute atomic E-state index is 5.54. The van der Waals surface area contributed by atoms with Gasteiger partial charge in [-0.05, 0) is 31.7 Å². The summed E-state index contributed by atoms with van der Waals surface area (Å²) >= 11 is 1.89. The number of rotatable bonds is 3. The Labute approximate surface area is 164 Å². The van der Waals surface area contributed by atoms with Gasteiger partial charge >= 0.3 is 0 Å². The van der Waals surface area contributed by atoms with Gasteiger partial charge in [-0.15, -0.1) is 11.3 Å². The first-order chi connectivity index (χ1) is 13.2. The number of anilines is 1. The summed E-state index contributed by atoms with van der Waals surface area (Å²) in [4.78, 5) is 13.8. The minimum atomic E-state index is 0.333. The highest BCUT2D eigenvalue weighted by Gasteiger charge is 2.27. The molecule has 144 valence electrons. The molecule has 0 aliphatic carbocycles. The first-order valence-corrected chi connectivity index (χ1v) is 10.5. The van der Waals surface area contributed by atoms with Gasteiger partial charge < -0.3 is 19.3 Å². The third-order valence-corrected chi connectivity index (χ3v) is 7.07. The van der Waals surface area contributed by atoms with Crippen LogP contribution in [0.5, 0.6) is 11.5 Å². The Hall–Kier alpha value is -1.83. The van der Waals surface area contributed by atoms with Crippen molar-refractivity contribution < 1.29 is 9.47 Å². The van der Waals surface area contributed by atoms with E-state index in [9.17, 15) is 0 Å². The van der Waals surface area contributed by atoms with Crippen molar-refractivity contribution in [3.8, 4) is 11.5 Å². The maximum atomic E-state index is 5.54. The summed E-state index contributed by atoms with van der Waals surface area (Å²) in [6.07, 6.45) is 1.09. The number of hydrogen-bond acceptors (Lipinski definition) is 7. The summed E-state index contributed by atoms with van der Waals surface area (Å²) in [5.74, 6) is 1.73. The molecule has 5 rings (SSSR count). The van der Waals surface area contributed by atoms with Crippen LogP contribution in [0.1, 0.15) is 29.1 Å². The van der Waals surface area contributed by atoms with Crippen LogP contribution < -0.4 is 14.4 Å². The molecule has 1 saturated heterocycles. The molecule has 0 radical (unpaired) electrons. The number of benzene rings is 1. The van der Waals surface area contributed by atoms with Gasteiger partial charge in [0, 0.05) is 56.6 Å². The molecule has 6 nitrogen and oxygen atoms in total. The topological polar surface area (TPSA) is 41.1 Å². The zero-order valence-electron chi connectivity index (χ0n) is 16.0. The van der Waals surface area contributed by atoms with Crippen molar-refractivity contribution in [1.82, 2.24) is 14.8 Å². The molecule has 3 aliphatic heterocycles. The molecule has 2 aromatic rings. The Morgan fingerprint density at radius 2 is 1.89 bits per heavy atom. The van der Waals surface area contributed by atoms with Crippen LogP contribution in [0.25, 0.3) is 0 Å². The van der Waals surface area contributed by atoms with E-state index in [-0.39, 0.29) is 0 Å². The fraction of sp³-hybridized carbons (Fsp3) is 0.550. The van der Waals surface area contributed by atoms with Gasteiger partial charge in [0.2, 0.25) is 6.79 Å². The molecule has 7 heteroatoms. The molecule has 0 N–H and O–H groups in total. The van der Waals surface area contributed by atoms with Gasteiger partial charge in [-0.1, -0.05) is 6.07 Å². The Bertz CT molecular complexity index is 831. The molecule has 0 bridgehead atoms. The van der Waals surface area contributed by atoms with Gasteiger partial charge in [0.25, 0.3) is 0 Å². The van der Waals surface area contributed by atoms with Crippen LogP contribution in [0.15, 0.2) is 18.2 Å². The average Bonchev–Trinajstić information content (AvgIpc) is 3.33. The summed E-state index contributed by atoms with van der Waals surface area (Å²) in [6.45, 7) is 8.98. The van der Waals surface area contributed by atoms with E-state index in [1.165, 1.54) is 21.3 Å². The lowest BCUT2D eigenvalue weighted by molar-refractivity contribution is 0.173. The van der Waals surface area contributed by atoms with Crippen molar-refractivity contribution in [2.75, 3.05) is 51.5 Å². The standard InChI is InChI=1S/C20H26N4O2S/c1-14(15-3-4-17-18(11-15)26-13-25-17)23-7-9-24(10-8-23)20-21-16-5-6-22(2)12-19(16)27-20/h3-4,11,14H,5-10,12-13H2,1-2H3/t14-/m0/s1. The van der Waals surface area contributed by atoms with E-state index in [4.69, 9.17) is 14.5 Å². The molecule has 1 atom stereocenters. The quantitative estimate of drug-likeness (QED) is 0.808. The number of aromatic nitrogens is 1. The molecule has 27 heavy (non-hydrogen) atoms. The number of hydrogen-bond donors (Lipinski definition) is 0. The van der Waals surface area contributed by atoms with Crippen LogP contribution in [-0.2, 0) is 13.0 Å². The summed E-state index contributed by atoms with van der Waals surface area (Å²) in [5.41, 5.74) is 2.62. The number of fused-ring (bicyclic) bond motifs is 2. The molecule has 4 heterocycles. The lowest BCUT2D eigenvalue weighted by Crippen LogP contribution is -2.47. The second-order valence-electron chi connectivity index (χ2n) is 7.67. The lowest BCUT2D eigenvalue weighted by atomic mass is 10.1. The van der Waals surface area contributed by atoms with Crippen molar-refractivity contribution in [2.24, 2.45) is 0 Å². The SMILES string of the molecule is C[C@@H](c1ccc2c(c1)OCO2)N1CCN(c2nc3c(s2)CN(C)CC3)CC1. The Balaban J connectivity index is 1.24. The summed E-state index contributed by atoms with van der Waals surface area (Å²) in [7, 11) is 2.19. The monoisotopic (exact) mass is 386 g/mol. The van der Waals surface area contributed by atoms with Crippen molar-refractivity contribution in [3.63, 3.8) is 0 Å². The molecule has 0 unspecified atom stereocenters. The van der Waals surface area contributed by atoms with Gasteiger partial charge in [0.05, 0.1) is 5.69 Å². The second kappa shape index (κ2) is 6.96. The van der Waals surface area contributed by atoms with Crippen LogP contribution in [0, 0.1) is 0 Å². The predicted molar refractivity (Wildman–Crippen MR) is 107 cm³/mol. The van der Waals surface area contributed by atoms with Crippen molar-refractivity contribution in [3.05, 3.63) is 34.3 Å². The second-order valence-corrected chi connectivity index (χ2v) is 8.73. The summed E-state index contributed by atoms with van der Waals surface area (Å²) in [6, 6.07) is 6.70. The minimum Gasteiger partial charge on any atom is -0.454 e. The van der Waals surface area contributed by atoms with E-state index in [2.05, 4.69) is 40.8 Å². The molecule has 1 aromatic heterocycles. The van der Waals surface area contributed by atoms with Crippen molar-refractivity contribution in [1.29, 1.82) is 0 Å². The van der Waals surface area contributed by atoms with Crippen molar-refractivity contribution >= 4 is 16.5 Å². The van der Waals surface area contributed by atoms with Gasteiger partial charge in [0.1, 0.15) is 0 Å². The normalized spacial score (nSPS) is 21.3. The van der Waals surface area contributed by atoms with Gasteiger partial charge in [-0.25, -0.2) is 4.98 Å². The largest absolute Gasteiger partial charge is 0.454 e. The highest BCUT2D eigenvalue weighted by Crippen LogP contribution is 2.36. The first kappa shape index (κ1) is 17.3. The number of nitrogens with zero attached hydrogens (tertiary/aromatic N) is 4. The Morgan fingerprint density at radius 3 is 2.74 bits per heavy atom. The van der Waals surface area contributed by atoms with Crippen LogP contribution in [-0.4, -0.2) is 61.3 Å². The Kier molecular flexibility index (Phi) is 4.46. The van der Waals surface area contributed by atoms with E-state index in [0.29, 0.717) is 12.8 Å². The molecule has 3 aliphatic rings. The van der Waals surface area contributed by atoms with E-state index >= 15 is 0 Å². The summed E-state index contributed by atoms with van der Waals surface area (Å²) < 4.78 is 11.0. The first-order valence-electron chi connectivity index (χ1n) is 9.73. The van der Waals surface area contributed by atoms with Gasteiger partial charge in [-0.2, -0.15) is 0 Å². The van der Waals surface area contributed by atoms with Crippen LogP contribution in [0.2, 0.25) is 0 Å². The molecular weight excluding hydrogens is 360 g/mol. The van der Waals surface area contributed by atoms with E-state index in [0.717, 1.165) is 57.2 Å². The zero-order chi connectivity index (χ0) is 18.4. The number of ether oxygens (including phenoxy) is 2. The lowest BCUT2D eigenvalue weighted by Gasteiger charge is -2.38. The molecule has 1 aromatic carbocycles. The van der Waals surface area contributed by atoms with Crippen LogP contribution >= 0.6 is 11.3 Å². The predicted octanol–water partition coefficient (Wildman–Crippen LogP) is 2.74. The third-order valence-electron chi connectivity index (χ3n) is 5.92. The molecule has 0 spiro atoms. The average molecular weight is 387 g/mol. The molecule has 1 fully saturated rings. The fourth-order valence-electron chi connectivity index (χ4n) is 4.13. The molecule has 0 amide bonds. The van der Waals surface area contributed by atoms with E-state index in [1.807, 2.05) is 17.4 Å². The summed E-state index contributed by atoms with van der Waals surface area (Å²) in [5, 5.41) is 1.21. The van der Waals surface area contributed by atoms with Crippen LogP contribution in [0.4, 0.5) is 5.13 Å². The molecular formula is C20H26N4O2S. The van der Waals surface area contributed by atoms with E-state index < -0.39 is 0 Å². The van der Waals surface area contributed by atoms with Gasteiger partial charge in [-0.3, -0.25) is 4.90 Å². The molecule has 0 saturated carbocycles. The third kappa shape index (κ3) is 3.28. The van der Waals surface area contributed by atoms with E-state index in [1.54, 1.807) is 0 Å². The maximum Gasteiger partial charge on any atom is 0.231 e. The number of piperazine rings is 1. The van der Waals surface area contributed by atoms with Gasteiger partial charge in [0.15, 0.2) is 16.6 Å². The smallest absolute Gasteiger partial charge is 0.231 e. The van der Waals surface area contributed by atoms with Crippen molar-refractivity contribution in [2.45, 2.75) is 25.9 Å². The highest BCUT2D eigenvalue weighted by atomic mass is 32.1. The Morgan fingerprint density at radius 1 is 1.07 bits per heavy atom. The number of likely N-dealkylation sites (N-methyl/N-ethyl adjacent to an activating group) is 1.